The Kier molecular flexibility index (Phi) is 6.69. The lowest BCUT2D eigenvalue weighted by Gasteiger charge is -2.16. The normalized spacial score (nSPS) is 13.1. The lowest BCUT2D eigenvalue weighted by Crippen LogP contribution is -2.32. The van der Waals surface area contributed by atoms with Gasteiger partial charge in [0, 0.05) is 31.3 Å². The molecule has 4 rings (SSSR count). The molecule has 1 amide bonds. The maximum absolute atomic E-state index is 13.2. The molecular formula is C24H24FN3O4S. The minimum atomic E-state index is -0.459. The summed E-state index contributed by atoms with van der Waals surface area (Å²) >= 11 is 1.22. The highest BCUT2D eigenvalue weighted by molar-refractivity contribution is 8.00. The zero-order chi connectivity index (χ0) is 23.5. The average Bonchev–Trinajstić information content (AvgIpc) is 3.27. The Morgan fingerprint density at radius 3 is 2.64 bits per heavy atom. The SMILES string of the molecule is Cc1nc(SC(C)C(=O)NCc2ccc3c(c2)OCO3)n(C)c(=O)c1Cc1ccc(F)cc1. The van der Waals surface area contributed by atoms with Crippen molar-refractivity contribution in [3.8, 4) is 11.5 Å². The number of nitrogens with zero attached hydrogens (tertiary/aromatic N) is 2. The highest BCUT2D eigenvalue weighted by Gasteiger charge is 2.20. The van der Waals surface area contributed by atoms with Gasteiger partial charge in [0.05, 0.1) is 5.25 Å². The van der Waals surface area contributed by atoms with Crippen LogP contribution in [0.25, 0.3) is 0 Å². The predicted molar refractivity (Wildman–Crippen MR) is 123 cm³/mol. The molecule has 2 aromatic carbocycles. The third-order valence-electron chi connectivity index (χ3n) is 5.40. The number of benzene rings is 2. The maximum atomic E-state index is 13.2. The van der Waals surface area contributed by atoms with Crippen LogP contribution in [0.3, 0.4) is 0 Å². The Bertz CT molecular complexity index is 1240. The van der Waals surface area contributed by atoms with Crippen molar-refractivity contribution in [1.82, 2.24) is 14.9 Å². The first-order valence-electron chi connectivity index (χ1n) is 10.5. The Hall–Kier alpha value is -3.33. The van der Waals surface area contributed by atoms with Crippen molar-refractivity contribution in [3.05, 3.63) is 81.0 Å². The van der Waals surface area contributed by atoms with Crippen LogP contribution in [0.2, 0.25) is 0 Å². The summed E-state index contributed by atoms with van der Waals surface area (Å²) in [6, 6.07) is 11.6. The number of carbonyl (C=O) groups excluding carboxylic acids is 1. The molecule has 2 heterocycles. The van der Waals surface area contributed by atoms with Crippen LogP contribution in [-0.4, -0.2) is 27.5 Å². The van der Waals surface area contributed by atoms with E-state index in [2.05, 4.69) is 10.3 Å². The third-order valence-corrected chi connectivity index (χ3v) is 6.54. The molecule has 1 unspecified atom stereocenters. The molecule has 33 heavy (non-hydrogen) atoms. The Morgan fingerprint density at radius 2 is 1.88 bits per heavy atom. The summed E-state index contributed by atoms with van der Waals surface area (Å²) in [5, 5.41) is 2.91. The molecule has 3 aromatic rings. The second-order valence-electron chi connectivity index (χ2n) is 7.79. The van der Waals surface area contributed by atoms with Crippen LogP contribution in [0.5, 0.6) is 11.5 Å². The summed E-state index contributed by atoms with van der Waals surface area (Å²) in [6.07, 6.45) is 0.363. The summed E-state index contributed by atoms with van der Waals surface area (Å²) in [6.45, 7) is 4.09. The van der Waals surface area contributed by atoms with Gasteiger partial charge in [0.25, 0.3) is 5.56 Å². The van der Waals surface area contributed by atoms with Gasteiger partial charge in [0.15, 0.2) is 16.7 Å². The molecule has 7 nitrogen and oxygen atoms in total. The monoisotopic (exact) mass is 469 g/mol. The fourth-order valence-electron chi connectivity index (χ4n) is 3.44. The second-order valence-corrected chi connectivity index (χ2v) is 9.10. The van der Waals surface area contributed by atoms with Gasteiger partial charge in [-0.2, -0.15) is 0 Å². The standard InChI is InChI=1S/C24H24FN3O4S/c1-14-19(10-16-4-7-18(25)8-5-16)23(30)28(3)24(27-14)33-15(2)22(29)26-12-17-6-9-20-21(11-17)32-13-31-20/h4-9,11,15H,10,12-13H2,1-3H3,(H,26,29). The number of fused-ring (bicyclic) bond motifs is 1. The zero-order valence-electron chi connectivity index (χ0n) is 18.6. The van der Waals surface area contributed by atoms with Crippen LogP contribution in [0.15, 0.2) is 52.4 Å². The van der Waals surface area contributed by atoms with Crippen LogP contribution in [0, 0.1) is 12.7 Å². The predicted octanol–water partition coefficient (Wildman–Crippen LogP) is 3.34. The van der Waals surface area contributed by atoms with Crippen molar-refractivity contribution in [2.75, 3.05) is 6.79 Å². The van der Waals surface area contributed by atoms with E-state index in [-0.39, 0.29) is 24.1 Å². The number of halogens is 1. The van der Waals surface area contributed by atoms with E-state index < -0.39 is 5.25 Å². The number of aromatic nitrogens is 2. The van der Waals surface area contributed by atoms with E-state index in [9.17, 15) is 14.0 Å². The molecule has 0 bridgehead atoms. The molecule has 1 N–H and O–H groups in total. The maximum Gasteiger partial charge on any atom is 0.257 e. The molecule has 9 heteroatoms. The number of hydrogen-bond acceptors (Lipinski definition) is 6. The van der Waals surface area contributed by atoms with Gasteiger partial charge < -0.3 is 14.8 Å². The summed E-state index contributed by atoms with van der Waals surface area (Å²) in [4.78, 5) is 30.2. The highest BCUT2D eigenvalue weighted by atomic mass is 32.2. The average molecular weight is 470 g/mol. The first-order chi connectivity index (χ1) is 15.8. The van der Waals surface area contributed by atoms with E-state index in [1.54, 1.807) is 33.0 Å². The zero-order valence-corrected chi connectivity index (χ0v) is 19.4. The topological polar surface area (TPSA) is 82.4 Å². The lowest BCUT2D eigenvalue weighted by molar-refractivity contribution is -0.120. The van der Waals surface area contributed by atoms with E-state index in [1.807, 2.05) is 18.2 Å². The molecule has 0 spiro atoms. The fraction of sp³-hybridized carbons (Fsp3) is 0.292. The summed E-state index contributed by atoms with van der Waals surface area (Å²) in [5.74, 6) is 0.873. The number of hydrogen-bond donors (Lipinski definition) is 1. The van der Waals surface area contributed by atoms with Gasteiger partial charge in [0.2, 0.25) is 12.7 Å². The van der Waals surface area contributed by atoms with Gasteiger partial charge in [-0.05, 0) is 49.2 Å². The fourth-order valence-corrected chi connectivity index (χ4v) is 4.38. The molecule has 0 fully saturated rings. The molecular weight excluding hydrogens is 445 g/mol. The van der Waals surface area contributed by atoms with Gasteiger partial charge in [-0.25, -0.2) is 9.37 Å². The van der Waals surface area contributed by atoms with Crippen LogP contribution < -0.4 is 20.3 Å². The second kappa shape index (κ2) is 9.66. The minimum Gasteiger partial charge on any atom is -0.454 e. The molecule has 0 saturated heterocycles. The largest absolute Gasteiger partial charge is 0.454 e. The van der Waals surface area contributed by atoms with Gasteiger partial charge in [-0.3, -0.25) is 14.2 Å². The van der Waals surface area contributed by atoms with Crippen molar-refractivity contribution < 1.29 is 18.7 Å². The van der Waals surface area contributed by atoms with Crippen molar-refractivity contribution in [1.29, 1.82) is 0 Å². The molecule has 1 aliphatic rings. The quantitative estimate of drug-likeness (QED) is 0.422. The van der Waals surface area contributed by atoms with E-state index in [0.29, 0.717) is 40.9 Å². The Balaban J connectivity index is 1.41. The first-order valence-corrected chi connectivity index (χ1v) is 11.3. The van der Waals surface area contributed by atoms with Crippen LogP contribution in [0.4, 0.5) is 4.39 Å². The van der Waals surface area contributed by atoms with E-state index in [4.69, 9.17) is 9.47 Å². The van der Waals surface area contributed by atoms with Crippen molar-refractivity contribution in [2.45, 2.75) is 37.2 Å². The third kappa shape index (κ3) is 5.19. The molecule has 1 aromatic heterocycles. The Morgan fingerprint density at radius 1 is 1.18 bits per heavy atom. The lowest BCUT2D eigenvalue weighted by atomic mass is 10.1. The summed E-state index contributed by atoms with van der Waals surface area (Å²) in [5.41, 5.74) is 2.69. The molecule has 0 radical (unpaired) electrons. The molecule has 0 saturated carbocycles. The number of amides is 1. The van der Waals surface area contributed by atoms with E-state index in [0.717, 1.165) is 11.1 Å². The smallest absolute Gasteiger partial charge is 0.257 e. The van der Waals surface area contributed by atoms with Crippen LogP contribution >= 0.6 is 11.8 Å². The number of thioether (sulfide) groups is 1. The van der Waals surface area contributed by atoms with E-state index >= 15 is 0 Å². The number of rotatable bonds is 7. The van der Waals surface area contributed by atoms with Gasteiger partial charge in [0.1, 0.15) is 5.82 Å². The van der Waals surface area contributed by atoms with Crippen molar-refractivity contribution >= 4 is 17.7 Å². The van der Waals surface area contributed by atoms with Gasteiger partial charge in [-0.15, -0.1) is 0 Å². The molecule has 1 aliphatic heterocycles. The van der Waals surface area contributed by atoms with Crippen LogP contribution in [0.1, 0.15) is 29.3 Å². The molecule has 0 aliphatic carbocycles. The first kappa shape index (κ1) is 22.8. The van der Waals surface area contributed by atoms with Crippen molar-refractivity contribution in [3.63, 3.8) is 0 Å². The molecule has 172 valence electrons. The van der Waals surface area contributed by atoms with Gasteiger partial charge >= 0.3 is 0 Å². The van der Waals surface area contributed by atoms with Crippen LogP contribution in [-0.2, 0) is 24.8 Å². The summed E-state index contributed by atoms with van der Waals surface area (Å²) < 4.78 is 25.3. The number of carbonyl (C=O) groups is 1. The van der Waals surface area contributed by atoms with Crippen molar-refractivity contribution in [2.24, 2.45) is 7.05 Å². The van der Waals surface area contributed by atoms with E-state index in [1.165, 1.54) is 28.5 Å². The minimum absolute atomic E-state index is 0.167. The number of nitrogens with one attached hydrogen (secondary N) is 1. The number of aryl methyl sites for hydroxylation is 1. The Labute approximate surface area is 194 Å². The summed E-state index contributed by atoms with van der Waals surface area (Å²) in [7, 11) is 1.64. The van der Waals surface area contributed by atoms with Gasteiger partial charge in [-0.1, -0.05) is 30.0 Å². The highest BCUT2D eigenvalue weighted by Crippen LogP contribution is 2.32. The molecule has 1 atom stereocenters. The number of ether oxygens (including phenoxy) is 2.